The monoisotopic (exact) mass is 284 g/mol. The van der Waals surface area contributed by atoms with Crippen LogP contribution in [0.2, 0.25) is 0 Å². The molecule has 1 aliphatic rings. The summed E-state index contributed by atoms with van der Waals surface area (Å²) in [5, 5.41) is 7.53. The number of carbonyl (C=O) groups is 1. The van der Waals surface area contributed by atoms with Gasteiger partial charge in [0.05, 0.1) is 11.4 Å². The molecule has 2 aromatic rings. The standard InChI is InChI=1S/C14H12N4OS/c1-17-8-7-10(16-17)9-12-13(19)18(14(20)15-12)11-5-3-2-4-6-11/h2-9H,1H3,(H,15,20)/b12-9+. The molecule has 20 heavy (non-hydrogen) atoms. The molecule has 0 bridgehead atoms. The van der Waals surface area contributed by atoms with Gasteiger partial charge in [0.15, 0.2) is 5.11 Å². The summed E-state index contributed by atoms with van der Waals surface area (Å²) in [6.45, 7) is 0. The van der Waals surface area contributed by atoms with Gasteiger partial charge in [-0.2, -0.15) is 5.10 Å². The lowest BCUT2D eigenvalue weighted by Gasteiger charge is -2.13. The van der Waals surface area contributed by atoms with Crippen LogP contribution in [0.25, 0.3) is 6.08 Å². The first-order chi connectivity index (χ1) is 9.65. The Morgan fingerprint density at radius 2 is 2.00 bits per heavy atom. The summed E-state index contributed by atoms with van der Waals surface area (Å²) >= 11 is 5.23. The van der Waals surface area contributed by atoms with E-state index >= 15 is 0 Å². The number of carbonyl (C=O) groups excluding carboxylic acids is 1. The van der Waals surface area contributed by atoms with Crippen LogP contribution in [0.1, 0.15) is 5.69 Å². The smallest absolute Gasteiger partial charge is 0.281 e. The summed E-state index contributed by atoms with van der Waals surface area (Å²) < 4.78 is 1.68. The third-order valence-electron chi connectivity index (χ3n) is 2.92. The van der Waals surface area contributed by atoms with Crippen molar-refractivity contribution in [3.8, 4) is 0 Å². The number of hydrogen-bond acceptors (Lipinski definition) is 3. The van der Waals surface area contributed by atoms with Crippen molar-refractivity contribution in [2.24, 2.45) is 7.05 Å². The van der Waals surface area contributed by atoms with E-state index in [0.717, 1.165) is 5.69 Å². The van der Waals surface area contributed by atoms with E-state index in [2.05, 4.69) is 10.4 Å². The Hall–Kier alpha value is -2.47. The van der Waals surface area contributed by atoms with Gasteiger partial charge in [-0.25, -0.2) is 0 Å². The van der Waals surface area contributed by atoms with Crippen molar-refractivity contribution in [3.05, 3.63) is 54.0 Å². The Morgan fingerprint density at radius 1 is 1.25 bits per heavy atom. The van der Waals surface area contributed by atoms with Gasteiger partial charge < -0.3 is 5.32 Å². The largest absolute Gasteiger partial charge is 0.327 e. The van der Waals surface area contributed by atoms with Crippen LogP contribution < -0.4 is 10.2 Å². The number of para-hydroxylation sites is 1. The summed E-state index contributed by atoms with van der Waals surface area (Å²) in [7, 11) is 1.83. The zero-order valence-electron chi connectivity index (χ0n) is 10.8. The molecule has 6 heteroatoms. The van der Waals surface area contributed by atoms with E-state index in [0.29, 0.717) is 16.5 Å². The van der Waals surface area contributed by atoms with Crippen LogP contribution in [0.4, 0.5) is 5.69 Å². The Morgan fingerprint density at radius 3 is 2.65 bits per heavy atom. The molecule has 1 fully saturated rings. The molecule has 0 aliphatic carbocycles. The highest BCUT2D eigenvalue weighted by Crippen LogP contribution is 2.21. The van der Waals surface area contributed by atoms with Crippen LogP contribution in [0.15, 0.2) is 48.3 Å². The van der Waals surface area contributed by atoms with E-state index in [1.54, 1.807) is 10.8 Å². The predicted molar refractivity (Wildman–Crippen MR) is 80.8 cm³/mol. The first-order valence-corrected chi connectivity index (χ1v) is 6.48. The third kappa shape index (κ3) is 2.21. The lowest BCUT2D eigenvalue weighted by atomic mass is 10.3. The second-order valence-electron chi connectivity index (χ2n) is 4.38. The van der Waals surface area contributed by atoms with Crippen molar-refractivity contribution in [3.63, 3.8) is 0 Å². The summed E-state index contributed by atoms with van der Waals surface area (Å²) in [4.78, 5) is 13.9. The summed E-state index contributed by atoms with van der Waals surface area (Å²) in [6.07, 6.45) is 3.51. The van der Waals surface area contributed by atoms with Gasteiger partial charge in [0.1, 0.15) is 5.70 Å². The normalized spacial score (nSPS) is 16.9. The van der Waals surface area contributed by atoms with Gasteiger partial charge in [0, 0.05) is 13.2 Å². The topological polar surface area (TPSA) is 50.2 Å². The van der Waals surface area contributed by atoms with Crippen LogP contribution >= 0.6 is 12.2 Å². The van der Waals surface area contributed by atoms with E-state index in [4.69, 9.17) is 12.2 Å². The molecular weight excluding hydrogens is 272 g/mol. The molecule has 1 N–H and O–H groups in total. The van der Waals surface area contributed by atoms with Crippen LogP contribution in [-0.4, -0.2) is 20.8 Å². The molecule has 1 aromatic heterocycles. The van der Waals surface area contributed by atoms with Crippen molar-refractivity contribution >= 4 is 35.0 Å². The number of thiocarbonyl (C=S) groups is 1. The number of hydrogen-bond donors (Lipinski definition) is 1. The molecule has 5 nitrogen and oxygen atoms in total. The van der Waals surface area contributed by atoms with Crippen LogP contribution in [0.3, 0.4) is 0 Å². The second-order valence-corrected chi connectivity index (χ2v) is 4.77. The van der Waals surface area contributed by atoms with E-state index in [9.17, 15) is 4.79 Å². The molecule has 0 spiro atoms. The number of aryl methyl sites for hydroxylation is 1. The lowest BCUT2D eigenvalue weighted by molar-refractivity contribution is -0.113. The number of anilines is 1. The maximum atomic E-state index is 12.4. The SMILES string of the molecule is Cn1ccc(/C=C2/NC(=S)N(c3ccccc3)C2=O)n1. The predicted octanol–water partition coefficient (Wildman–Crippen LogP) is 1.68. The average Bonchev–Trinajstić information content (AvgIpc) is 2.96. The zero-order chi connectivity index (χ0) is 14.1. The number of benzene rings is 1. The Bertz CT molecular complexity index is 705. The van der Waals surface area contributed by atoms with Crippen molar-refractivity contribution in [1.29, 1.82) is 0 Å². The molecule has 100 valence electrons. The van der Waals surface area contributed by atoms with Crippen LogP contribution in [0.5, 0.6) is 0 Å². The molecule has 1 saturated heterocycles. The Balaban J connectivity index is 1.93. The van der Waals surface area contributed by atoms with Gasteiger partial charge in [0.25, 0.3) is 5.91 Å². The highest BCUT2D eigenvalue weighted by atomic mass is 32.1. The Labute approximate surface area is 121 Å². The van der Waals surface area contributed by atoms with Gasteiger partial charge in [-0.1, -0.05) is 18.2 Å². The average molecular weight is 284 g/mol. The molecule has 1 amide bonds. The molecule has 0 unspecified atom stereocenters. The van der Waals surface area contributed by atoms with E-state index in [1.165, 1.54) is 4.90 Å². The number of nitrogens with zero attached hydrogens (tertiary/aromatic N) is 3. The van der Waals surface area contributed by atoms with Crippen molar-refractivity contribution < 1.29 is 4.79 Å². The van der Waals surface area contributed by atoms with E-state index < -0.39 is 0 Å². The van der Waals surface area contributed by atoms with Gasteiger partial charge in [-0.05, 0) is 36.5 Å². The van der Waals surface area contributed by atoms with E-state index in [-0.39, 0.29) is 5.91 Å². The van der Waals surface area contributed by atoms with Gasteiger partial charge in [-0.15, -0.1) is 0 Å². The molecule has 0 radical (unpaired) electrons. The highest BCUT2D eigenvalue weighted by molar-refractivity contribution is 7.80. The number of rotatable bonds is 2. The first-order valence-electron chi connectivity index (χ1n) is 6.07. The van der Waals surface area contributed by atoms with Crippen LogP contribution in [-0.2, 0) is 11.8 Å². The minimum absolute atomic E-state index is 0.174. The fourth-order valence-corrected chi connectivity index (χ4v) is 2.30. The van der Waals surface area contributed by atoms with Gasteiger partial charge >= 0.3 is 0 Å². The summed E-state index contributed by atoms with van der Waals surface area (Å²) in [5.41, 5.74) is 1.89. The molecule has 1 aliphatic heterocycles. The van der Waals surface area contributed by atoms with Crippen molar-refractivity contribution in [2.45, 2.75) is 0 Å². The maximum Gasteiger partial charge on any atom is 0.281 e. The quantitative estimate of drug-likeness (QED) is 0.673. The van der Waals surface area contributed by atoms with Gasteiger partial charge in [-0.3, -0.25) is 14.4 Å². The van der Waals surface area contributed by atoms with E-state index in [1.807, 2.05) is 49.6 Å². The van der Waals surface area contributed by atoms with Crippen molar-refractivity contribution in [1.82, 2.24) is 15.1 Å². The molecule has 0 atom stereocenters. The zero-order valence-corrected chi connectivity index (χ0v) is 11.6. The summed E-state index contributed by atoms with van der Waals surface area (Å²) in [6, 6.07) is 11.1. The maximum absolute atomic E-state index is 12.4. The number of amides is 1. The van der Waals surface area contributed by atoms with Crippen molar-refractivity contribution in [2.75, 3.05) is 4.90 Å². The fraction of sp³-hybridized carbons (Fsp3) is 0.0714. The first kappa shape index (κ1) is 12.6. The lowest BCUT2D eigenvalue weighted by Crippen LogP contribution is -2.30. The summed E-state index contributed by atoms with van der Waals surface area (Å²) in [5.74, 6) is -0.174. The molecule has 0 saturated carbocycles. The second kappa shape index (κ2) is 4.90. The molecule has 3 rings (SSSR count). The van der Waals surface area contributed by atoms with Gasteiger partial charge in [0.2, 0.25) is 0 Å². The molecular formula is C14H12N4OS. The fourth-order valence-electron chi connectivity index (χ4n) is 2.00. The molecule has 1 aromatic carbocycles. The number of aromatic nitrogens is 2. The highest BCUT2D eigenvalue weighted by Gasteiger charge is 2.31. The molecule has 2 heterocycles. The number of nitrogens with one attached hydrogen (secondary N) is 1. The minimum atomic E-state index is -0.174. The Kier molecular flexibility index (Phi) is 3.08. The van der Waals surface area contributed by atoms with Crippen LogP contribution in [0, 0.1) is 0 Å². The minimum Gasteiger partial charge on any atom is -0.327 e. The third-order valence-corrected chi connectivity index (χ3v) is 3.20.